The van der Waals surface area contributed by atoms with Gasteiger partial charge in [0.2, 0.25) is 10.0 Å². The van der Waals surface area contributed by atoms with Crippen LogP contribution >= 0.6 is 0 Å². The molecular weight excluding hydrogens is 224 g/mol. The second-order valence-corrected chi connectivity index (χ2v) is 7.10. The van der Waals surface area contributed by atoms with Crippen LogP contribution in [0.5, 0.6) is 0 Å². The van der Waals surface area contributed by atoms with E-state index >= 15 is 0 Å². The van der Waals surface area contributed by atoms with Crippen molar-refractivity contribution < 1.29 is 8.42 Å². The fourth-order valence-corrected chi connectivity index (χ4v) is 4.34. The second kappa shape index (κ2) is 5.02. The Kier molecular flexibility index (Phi) is 3.87. The third kappa shape index (κ3) is 2.76. The van der Waals surface area contributed by atoms with Crippen LogP contribution in [0.1, 0.15) is 32.6 Å². The lowest BCUT2D eigenvalue weighted by molar-refractivity contribution is 0.390. The van der Waals surface area contributed by atoms with Crippen molar-refractivity contribution in [2.75, 3.05) is 26.2 Å². The minimum absolute atomic E-state index is 0.146. The third-order valence-electron chi connectivity index (χ3n) is 3.58. The summed E-state index contributed by atoms with van der Waals surface area (Å²) in [6.45, 7) is 5.00. The molecule has 0 aromatic rings. The molecule has 1 aliphatic heterocycles. The Morgan fingerprint density at radius 2 is 1.81 bits per heavy atom. The summed E-state index contributed by atoms with van der Waals surface area (Å²) >= 11 is 0. The molecule has 0 amide bonds. The van der Waals surface area contributed by atoms with Crippen molar-refractivity contribution in [2.45, 2.75) is 37.9 Å². The van der Waals surface area contributed by atoms with E-state index in [0.29, 0.717) is 12.5 Å². The normalized spacial score (nSPS) is 23.9. The Bertz CT molecular complexity index is 319. The number of hydrogen-bond acceptors (Lipinski definition) is 3. The van der Waals surface area contributed by atoms with E-state index in [2.05, 4.69) is 5.32 Å². The molecule has 0 bridgehead atoms. The molecule has 0 atom stereocenters. The molecule has 4 nitrogen and oxygen atoms in total. The number of piperidine rings is 1. The highest BCUT2D eigenvalue weighted by molar-refractivity contribution is 7.89. The van der Waals surface area contributed by atoms with Crippen LogP contribution in [0.25, 0.3) is 0 Å². The zero-order chi connectivity index (χ0) is 11.6. The number of sulfonamides is 1. The van der Waals surface area contributed by atoms with Gasteiger partial charge in [0.15, 0.2) is 0 Å². The summed E-state index contributed by atoms with van der Waals surface area (Å²) in [5.41, 5.74) is 0. The van der Waals surface area contributed by atoms with Gasteiger partial charge in [-0.3, -0.25) is 0 Å². The summed E-state index contributed by atoms with van der Waals surface area (Å²) in [5.74, 6) is 0.636. The summed E-state index contributed by atoms with van der Waals surface area (Å²) in [4.78, 5) is 0. The van der Waals surface area contributed by atoms with Crippen LogP contribution in [-0.2, 0) is 10.0 Å². The first-order chi connectivity index (χ1) is 7.64. The van der Waals surface area contributed by atoms with Gasteiger partial charge in [-0.05, 0) is 44.7 Å². The first-order valence-corrected chi connectivity index (χ1v) is 7.84. The molecule has 5 heteroatoms. The van der Waals surface area contributed by atoms with Crippen LogP contribution in [-0.4, -0.2) is 44.2 Å². The highest BCUT2D eigenvalue weighted by Crippen LogP contribution is 2.31. The van der Waals surface area contributed by atoms with Crippen molar-refractivity contribution >= 4 is 10.0 Å². The maximum atomic E-state index is 12.4. The standard InChI is InChI=1S/C11H22N2O2S/c1-2-13(9-10-3-4-10)16(14,15)11-5-7-12-8-6-11/h10-12H,2-9H2,1H3. The summed E-state index contributed by atoms with van der Waals surface area (Å²) < 4.78 is 26.5. The lowest BCUT2D eigenvalue weighted by Crippen LogP contribution is -2.44. The van der Waals surface area contributed by atoms with Crippen LogP contribution < -0.4 is 5.32 Å². The monoisotopic (exact) mass is 246 g/mol. The van der Waals surface area contributed by atoms with E-state index in [0.717, 1.165) is 32.5 Å². The van der Waals surface area contributed by atoms with Gasteiger partial charge < -0.3 is 5.32 Å². The Hall–Kier alpha value is -0.130. The molecular formula is C11H22N2O2S. The molecule has 0 aromatic carbocycles. The average Bonchev–Trinajstić information content (AvgIpc) is 3.10. The summed E-state index contributed by atoms with van der Waals surface area (Å²) in [7, 11) is -3.04. The maximum Gasteiger partial charge on any atom is 0.217 e. The average molecular weight is 246 g/mol. The van der Waals surface area contributed by atoms with Crippen molar-refractivity contribution in [3.63, 3.8) is 0 Å². The number of nitrogens with zero attached hydrogens (tertiary/aromatic N) is 1. The van der Waals surface area contributed by atoms with Gasteiger partial charge in [0.05, 0.1) is 5.25 Å². The highest BCUT2D eigenvalue weighted by Gasteiger charge is 2.35. The minimum atomic E-state index is -3.04. The first kappa shape index (κ1) is 12.3. The van der Waals surface area contributed by atoms with Gasteiger partial charge in [-0.1, -0.05) is 6.92 Å². The molecule has 2 rings (SSSR count). The van der Waals surface area contributed by atoms with Crippen molar-refractivity contribution in [1.29, 1.82) is 0 Å². The molecule has 1 N–H and O–H groups in total. The highest BCUT2D eigenvalue weighted by atomic mass is 32.2. The first-order valence-electron chi connectivity index (χ1n) is 6.34. The van der Waals surface area contributed by atoms with Gasteiger partial charge in [0, 0.05) is 13.1 Å². The van der Waals surface area contributed by atoms with Crippen LogP contribution in [0.2, 0.25) is 0 Å². The lowest BCUT2D eigenvalue weighted by Gasteiger charge is -2.29. The van der Waals surface area contributed by atoms with Gasteiger partial charge in [-0.2, -0.15) is 0 Å². The predicted octanol–water partition coefficient (Wildman–Crippen LogP) is 0.800. The molecule has 2 fully saturated rings. The van der Waals surface area contributed by atoms with Gasteiger partial charge in [0.1, 0.15) is 0 Å². The van der Waals surface area contributed by atoms with Crippen LogP contribution in [0.15, 0.2) is 0 Å². The predicted molar refractivity (Wildman–Crippen MR) is 64.8 cm³/mol. The van der Waals surface area contributed by atoms with Crippen LogP contribution in [0, 0.1) is 5.92 Å². The van der Waals surface area contributed by atoms with E-state index in [1.165, 1.54) is 12.8 Å². The quantitative estimate of drug-likeness (QED) is 0.780. The second-order valence-electron chi connectivity index (χ2n) is 4.89. The van der Waals surface area contributed by atoms with Crippen molar-refractivity contribution in [3.05, 3.63) is 0 Å². The Morgan fingerprint density at radius 1 is 1.19 bits per heavy atom. The van der Waals surface area contributed by atoms with E-state index < -0.39 is 10.0 Å². The SMILES string of the molecule is CCN(CC1CC1)S(=O)(=O)C1CCNCC1. The van der Waals surface area contributed by atoms with Crippen LogP contribution in [0.3, 0.4) is 0 Å². The van der Waals surface area contributed by atoms with Gasteiger partial charge >= 0.3 is 0 Å². The number of nitrogens with one attached hydrogen (secondary N) is 1. The van der Waals surface area contributed by atoms with Gasteiger partial charge in [0.25, 0.3) is 0 Å². The summed E-state index contributed by atoms with van der Waals surface area (Å²) in [6, 6.07) is 0. The zero-order valence-electron chi connectivity index (χ0n) is 9.98. The molecule has 1 saturated heterocycles. The molecule has 1 saturated carbocycles. The van der Waals surface area contributed by atoms with Gasteiger partial charge in [-0.25, -0.2) is 12.7 Å². The van der Waals surface area contributed by atoms with Crippen molar-refractivity contribution in [1.82, 2.24) is 9.62 Å². The molecule has 94 valence electrons. The largest absolute Gasteiger partial charge is 0.317 e. The van der Waals surface area contributed by atoms with Gasteiger partial charge in [-0.15, -0.1) is 0 Å². The fraction of sp³-hybridized carbons (Fsp3) is 1.00. The Balaban J connectivity index is 2.01. The van der Waals surface area contributed by atoms with E-state index in [1.54, 1.807) is 4.31 Å². The van der Waals surface area contributed by atoms with E-state index in [1.807, 2.05) is 6.92 Å². The zero-order valence-corrected chi connectivity index (χ0v) is 10.8. The smallest absolute Gasteiger partial charge is 0.217 e. The lowest BCUT2D eigenvalue weighted by atomic mass is 10.2. The molecule has 0 aromatic heterocycles. The summed E-state index contributed by atoms with van der Waals surface area (Å²) in [6.07, 6.45) is 3.95. The Labute approximate surface area is 98.4 Å². The Morgan fingerprint density at radius 3 is 2.31 bits per heavy atom. The molecule has 1 aliphatic carbocycles. The van der Waals surface area contributed by atoms with E-state index in [-0.39, 0.29) is 5.25 Å². The molecule has 0 radical (unpaired) electrons. The fourth-order valence-electron chi connectivity index (χ4n) is 2.31. The summed E-state index contributed by atoms with van der Waals surface area (Å²) in [5, 5.41) is 3.07. The third-order valence-corrected chi connectivity index (χ3v) is 6.02. The molecule has 1 heterocycles. The molecule has 16 heavy (non-hydrogen) atoms. The number of hydrogen-bond donors (Lipinski definition) is 1. The molecule has 0 unspecified atom stereocenters. The van der Waals surface area contributed by atoms with E-state index in [9.17, 15) is 8.42 Å². The minimum Gasteiger partial charge on any atom is -0.317 e. The molecule has 0 spiro atoms. The number of rotatable bonds is 5. The van der Waals surface area contributed by atoms with Crippen molar-refractivity contribution in [3.8, 4) is 0 Å². The van der Waals surface area contributed by atoms with Crippen molar-refractivity contribution in [2.24, 2.45) is 5.92 Å². The van der Waals surface area contributed by atoms with Crippen LogP contribution in [0.4, 0.5) is 0 Å². The van der Waals surface area contributed by atoms with E-state index in [4.69, 9.17) is 0 Å². The molecule has 2 aliphatic rings. The topological polar surface area (TPSA) is 49.4 Å². The maximum absolute atomic E-state index is 12.4.